The van der Waals surface area contributed by atoms with Gasteiger partial charge < -0.3 is 10.2 Å². The fourth-order valence-electron chi connectivity index (χ4n) is 0. The van der Waals surface area contributed by atoms with Crippen LogP contribution in [0.5, 0.6) is 0 Å². The van der Waals surface area contributed by atoms with Crippen molar-refractivity contribution in [1.82, 2.24) is 0 Å². The van der Waals surface area contributed by atoms with E-state index in [2.05, 4.69) is 0 Å². The standard InChI is InChI=1S/C2H6O2.4K.4H/c3-1-2-4;;;;;;;;/h3-4H,1-2H2;;;;;;;;. The van der Waals surface area contributed by atoms with Crippen molar-refractivity contribution >= 4 is 206 Å². The summed E-state index contributed by atoms with van der Waals surface area (Å²) >= 11 is 0. The minimum atomic E-state index is -0.125. The molecule has 0 unspecified atom stereocenters. The van der Waals surface area contributed by atoms with Crippen LogP contribution in [0.15, 0.2) is 0 Å². The average Bonchev–Trinajstić information content (AvgIpc) is 1.37. The summed E-state index contributed by atoms with van der Waals surface area (Å²) in [6.45, 7) is -0.250. The van der Waals surface area contributed by atoms with Gasteiger partial charge in [-0.3, -0.25) is 0 Å². The van der Waals surface area contributed by atoms with Crippen LogP contribution in [0.2, 0.25) is 0 Å². The molecule has 0 heterocycles. The van der Waals surface area contributed by atoms with Gasteiger partial charge in [0.25, 0.3) is 0 Å². The molecule has 0 radical (unpaired) electrons. The van der Waals surface area contributed by atoms with Crippen molar-refractivity contribution in [3.05, 3.63) is 0 Å². The number of rotatable bonds is 1. The van der Waals surface area contributed by atoms with E-state index in [1.54, 1.807) is 0 Å². The molecule has 0 aliphatic carbocycles. The Morgan fingerprint density at radius 2 is 0.750 bits per heavy atom. The van der Waals surface area contributed by atoms with Gasteiger partial charge in [-0.05, 0) is 0 Å². The summed E-state index contributed by atoms with van der Waals surface area (Å²) in [6, 6.07) is 0. The summed E-state index contributed by atoms with van der Waals surface area (Å²) in [6.07, 6.45) is 0. The predicted octanol–water partition coefficient (Wildman–Crippen LogP) is -3.62. The van der Waals surface area contributed by atoms with E-state index in [4.69, 9.17) is 10.2 Å². The van der Waals surface area contributed by atoms with E-state index in [1.165, 1.54) is 0 Å². The monoisotopic (exact) mass is 222 g/mol. The van der Waals surface area contributed by atoms with Gasteiger partial charge in [-0.15, -0.1) is 0 Å². The average molecular weight is 222 g/mol. The maximum absolute atomic E-state index is 7.62. The van der Waals surface area contributed by atoms with E-state index in [1.807, 2.05) is 0 Å². The molecule has 34 valence electrons. The number of aliphatic hydroxyl groups is 2. The molecule has 8 heavy (non-hydrogen) atoms. The van der Waals surface area contributed by atoms with Crippen LogP contribution in [-0.2, 0) is 0 Å². The van der Waals surface area contributed by atoms with Crippen molar-refractivity contribution in [2.24, 2.45) is 0 Å². The third-order valence-corrected chi connectivity index (χ3v) is 0.1000. The van der Waals surface area contributed by atoms with E-state index < -0.39 is 0 Å². The molecule has 0 fully saturated rings. The third-order valence-electron chi connectivity index (χ3n) is 0.1000. The molecule has 2 nitrogen and oxygen atoms in total. The van der Waals surface area contributed by atoms with Gasteiger partial charge in [-0.2, -0.15) is 0 Å². The second kappa shape index (κ2) is 29.2. The molecule has 0 spiro atoms. The Morgan fingerprint density at radius 3 is 0.750 bits per heavy atom. The fraction of sp³-hybridized carbons (Fsp3) is 1.00. The third kappa shape index (κ3) is 29.4. The Labute approximate surface area is 220 Å². The van der Waals surface area contributed by atoms with Crippen molar-refractivity contribution in [2.75, 3.05) is 13.2 Å². The molecule has 0 saturated carbocycles. The topological polar surface area (TPSA) is 40.5 Å². The van der Waals surface area contributed by atoms with Crippen LogP contribution >= 0.6 is 0 Å². The summed E-state index contributed by atoms with van der Waals surface area (Å²) in [5, 5.41) is 15.2. The van der Waals surface area contributed by atoms with E-state index in [-0.39, 0.29) is 219 Å². The first-order valence-corrected chi connectivity index (χ1v) is 1.13. The van der Waals surface area contributed by atoms with E-state index >= 15 is 0 Å². The first-order valence-electron chi connectivity index (χ1n) is 1.13. The molecule has 0 aromatic heterocycles. The molecule has 6 heteroatoms. The van der Waals surface area contributed by atoms with Crippen molar-refractivity contribution < 1.29 is 10.2 Å². The maximum atomic E-state index is 7.62. The van der Waals surface area contributed by atoms with Crippen molar-refractivity contribution in [3.8, 4) is 0 Å². The van der Waals surface area contributed by atoms with E-state index in [9.17, 15) is 0 Å². The van der Waals surface area contributed by atoms with Crippen LogP contribution in [-0.4, -0.2) is 229 Å². The molecule has 0 aliphatic heterocycles. The van der Waals surface area contributed by atoms with E-state index in [0.29, 0.717) is 0 Å². The summed E-state index contributed by atoms with van der Waals surface area (Å²) in [7, 11) is 0. The zero-order chi connectivity index (χ0) is 3.41. The Balaban J connectivity index is -0.00000000750. The Bertz CT molecular complexity index is 14.0. The summed E-state index contributed by atoms with van der Waals surface area (Å²) in [4.78, 5) is 0. The molecular formula is C2H10K4O2. The summed E-state index contributed by atoms with van der Waals surface area (Å²) < 4.78 is 0. The fourth-order valence-corrected chi connectivity index (χ4v) is 0. The van der Waals surface area contributed by atoms with Crippen molar-refractivity contribution in [1.29, 1.82) is 0 Å². The van der Waals surface area contributed by atoms with Gasteiger partial charge >= 0.3 is 206 Å². The second-order valence-corrected chi connectivity index (χ2v) is 0.447. The van der Waals surface area contributed by atoms with Gasteiger partial charge in [0.2, 0.25) is 0 Å². The van der Waals surface area contributed by atoms with Gasteiger partial charge in [0.05, 0.1) is 13.2 Å². The zero-order valence-corrected chi connectivity index (χ0v) is 2.31. The van der Waals surface area contributed by atoms with Crippen LogP contribution < -0.4 is 0 Å². The molecule has 0 atom stereocenters. The molecule has 0 amide bonds. The Morgan fingerprint density at radius 1 is 0.625 bits per heavy atom. The Kier molecular flexibility index (Phi) is 107. The van der Waals surface area contributed by atoms with Gasteiger partial charge in [-0.1, -0.05) is 0 Å². The predicted molar refractivity (Wildman–Crippen MR) is 42.8 cm³/mol. The first-order chi connectivity index (χ1) is 1.91. The Hall–Kier alpha value is 6.47. The molecule has 2 N–H and O–H groups in total. The van der Waals surface area contributed by atoms with Crippen molar-refractivity contribution in [2.45, 2.75) is 0 Å². The van der Waals surface area contributed by atoms with Crippen LogP contribution in [0.3, 0.4) is 0 Å². The SMILES string of the molecule is OCCO.[KH].[KH].[KH].[KH]. The minimum absolute atomic E-state index is 0. The molecular weight excluding hydrogens is 212 g/mol. The van der Waals surface area contributed by atoms with Crippen LogP contribution in [0, 0.1) is 0 Å². The summed E-state index contributed by atoms with van der Waals surface area (Å²) in [5.74, 6) is 0. The molecule has 0 aromatic rings. The van der Waals surface area contributed by atoms with Crippen LogP contribution in [0.25, 0.3) is 0 Å². The van der Waals surface area contributed by atoms with Crippen molar-refractivity contribution in [3.63, 3.8) is 0 Å². The van der Waals surface area contributed by atoms with Gasteiger partial charge in [-0.25, -0.2) is 0 Å². The van der Waals surface area contributed by atoms with Gasteiger partial charge in [0.15, 0.2) is 0 Å². The normalized spacial score (nSPS) is 3.75. The van der Waals surface area contributed by atoms with Gasteiger partial charge in [0, 0.05) is 0 Å². The number of aliphatic hydroxyl groups excluding tert-OH is 2. The van der Waals surface area contributed by atoms with Crippen LogP contribution in [0.1, 0.15) is 0 Å². The molecule has 0 saturated heterocycles. The quantitative estimate of drug-likeness (QED) is 0.450. The number of hydrogen-bond donors (Lipinski definition) is 2. The van der Waals surface area contributed by atoms with Crippen LogP contribution in [0.4, 0.5) is 0 Å². The first kappa shape index (κ1) is 29.3. The molecule has 0 rings (SSSR count). The molecule has 0 aliphatic rings. The molecule has 0 bridgehead atoms. The zero-order valence-electron chi connectivity index (χ0n) is 2.31. The van der Waals surface area contributed by atoms with E-state index in [0.717, 1.165) is 0 Å². The van der Waals surface area contributed by atoms with Gasteiger partial charge in [0.1, 0.15) is 0 Å². The summed E-state index contributed by atoms with van der Waals surface area (Å²) in [5.41, 5.74) is 0. The second-order valence-electron chi connectivity index (χ2n) is 0.447. The molecule has 0 aromatic carbocycles. The number of hydrogen-bond acceptors (Lipinski definition) is 2.